The molecule has 0 saturated carbocycles. The van der Waals surface area contributed by atoms with Crippen LogP contribution in [0.25, 0.3) is 10.9 Å². The standard InChI is InChI=1S/C15H15NO2/c17-15(12-6-3-9-18-10-12)13-7-1-4-11-5-2-8-16-14(11)13/h1-2,4-5,7-8,10,15,17H,3,6,9H2. The number of pyridine rings is 1. The van der Waals surface area contributed by atoms with E-state index < -0.39 is 6.10 Å². The van der Waals surface area contributed by atoms with Crippen molar-refractivity contribution in [2.24, 2.45) is 0 Å². The first-order valence-corrected chi connectivity index (χ1v) is 6.18. The number of aromatic nitrogens is 1. The van der Waals surface area contributed by atoms with E-state index in [0.29, 0.717) is 0 Å². The predicted molar refractivity (Wildman–Crippen MR) is 70.0 cm³/mol. The molecule has 1 atom stereocenters. The topological polar surface area (TPSA) is 42.4 Å². The number of hydrogen-bond donors (Lipinski definition) is 1. The molecule has 0 fully saturated rings. The minimum absolute atomic E-state index is 0.621. The molecule has 1 unspecified atom stereocenters. The van der Waals surface area contributed by atoms with Gasteiger partial charge in [0.1, 0.15) is 6.10 Å². The Bertz CT molecular complexity index is 587. The summed E-state index contributed by atoms with van der Waals surface area (Å²) in [5, 5.41) is 11.5. The minimum atomic E-state index is -0.621. The van der Waals surface area contributed by atoms with Gasteiger partial charge in [0.15, 0.2) is 0 Å². The largest absolute Gasteiger partial charge is 0.501 e. The van der Waals surface area contributed by atoms with E-state index in [1.54, 1.807) is 12.5 Å². The normalized spacial score (nSPS) is 17.1. The first kappa shape index (κ1) is 11.2. The number of benzene rings is 1. The minimum Gasteiger partial charge on any atom is -0.501 e. The zero-order valence-electron chi connectivity index (χ0n) is 10.0. The number of fused-ring (bicyclic) bond motifs is 1. The highest BCUT2D eigenvalue weighted by Gasteiger charge is 2.18. The number of para-hydroxylation sites is 1. The van der Waals surface area contributed by atoms with E-state index in [1.807, 2.05) is 30.3 Å². The average Bonchev–Trinajstić information content (AvgIpc) is 2.47. The maximum absolute atomic E-state index is 10.5. The van der Waals surface area contributed by atoms with E-state index in [9.17, 15) is 5.11 Å². The van der Waals surface area contributed by atoms with Crippen LogP contribution < -0.4 is 0 Å². The lowest BCUT2D eigenvalue weighted by Gasteiger charge is -2.20. The van der Waals surface area contributed by atoms with Crippen LogP contribution in [0.5, 0.6) is 0 Å². The van der Waals surface area contributed by atoms with Crippen LogP contribution in [0.3, 0.4) is 0 Å². The van der Waals surface area contributed by atoms with Gasteiger partial charge in [-0.15, -0.1) is 0 Å². The van der Waals surface area contributed by atoms with E-state index in [4.69, 9.17) is 4.74 Å². The van der Waals surface area contributed by atoms with Crippen LogP contribution in [0.4, 0.5) is 0 Å². The summed E-state index contributed by atoms with van der Waals surface area (Å²) in [6.45, 7) is 0.740. The van der Waals surface area contributed by atoms with E-state index in [-0.39, 0.29) is 0 Å². The molecule has 0 aliphatic carbocycles. The quantitative estimate of drug-likeness (QED) is 0.879. The number of aliphatic hydroxyl groups is 1. The third kappa shape index (κ3) is 1.97. The number of aliphatic hydroxyl groups excluding tert-OH is 1. The second-order valence-corrected chi connectivity index (χ2v) is 4.49. The fourth-order valence-corrected chi connectivity index (χ4v) is 2.33. The zero-order chi connectivity index (χ0) is 12.4. The molecule has 1 aliphatic rings. The molecule has 0 saturated heterocycles. The van der Waals surface area contributed by atoms with Crippen LogP contribution >= 0.6 is 0 Å². The third-order valence-corrected chi connectivity index (χ3v) is 3.27. The maximum Gasteiger partial charge on any atom is 0.105 e. The summed E-state index contributed by atoms with van der Waals surface area (Å²) in [6.07, 6.45) is 4.66. The molecule has 2 heterocycles. The van der Waals surface area contributed by atoms with Crippen LogP contribution in [-0.4, -0.2) is 16.7 Å². The molecule has 3 rings (SSSR count). The van der Waals surface area contributed by atoms with Crippen LogP contribution in [-0.2, 0) is 4.74 Å². The molecule has 1 aliphatic heterocycles. The Hall–Kier alpha value is -1.87. The van der Waals surface area contributed by atoms with Crippen molar-refractivity contribution in [3.8, 4) is 0 Å². The van der Waals surface area contributed by atoms with E-state index in [1.165, 1.54) is 0 Å². The number of hydrogen-bond acceptors (Lipinski definition) is 3. The van der Waals surface area contributed by atoms with Crippen LogP contribution in [0.1, 0.15) is 24.5 Å². The Morgan fingerprint density at radius 3 is 2.94 bits per heavy atom. The molecule has 0 radical (unpaired) electrons. The molecule has 1 aromatic heterocycles. The summed E-state index contributed by atoms with van der Waals surface area (Å²) < 4.78 is 5.29. The Balaban J connectivity index is 2.05. The molecule has 3 heteroatoms. The molecule has 3 nitrogen and oxygen atoms in total. The maximum atomic E-state index is 10.5. The van der Waals surface area contributed by atoms with Crippen molar-refractivity contribution in [3.63, 3.8) is 0 Å². The molecule has 0 amide bonds. The van der Waals surface area contributed by atoms with E-state index in [2.05, 4.69) is 4.98 Å². The van der Waals surface area contributed by atoms with Gasteiger partial charge in [-0.1, -0.05) is 24.3 Å². The van der Waals surface area contributed by atoms with Crippen LogP contribution in [0.15, 0.2) is 48.4 Å². The smallest absolute Gasteiger partial charge is 0.105 e. The highest BCUT2D eigenvalue weighted by molar-refractivity contribution is 5.82. The van der Waals surface area contributed by atoms with Gasteiger partial charge in [0.25, 0.3) is 0 Å². The van der Waals surface area contributed by atoms with Crippen LogP contribution in [0, 0.1) is 0 Å². The van der Waals surface area contributed by atoms with E-state index in [0.717, 1.165) is 41.5 Å². The molecule has 1 aromatic carbocycles. The molecular formula is C15H15NO2. The van der Waals surface area contributed by atoms with Gasteiger partial charge in [0, 0.05) is 17.1 Å². The van der Waals surface area contributed by atoms with Gasteiger partial charge in [-0.05, 0) is 24.5 Å². The van der Waals surface area contributed by atoms with Crippen molar-refractivity contribution in [3.05, 3.63) is 53.9 Å². The van der Waals surface area contributed by atoms with Gasteiger partial charge in [-0.25, -0.2) is 0 Å². The first-order valence-electron chi connectivity index (χ1n) is 6.18. The summed E-state index contributed by atoms with van der Waals surface area (Å²) in [5.74, 6) is 0. The molecule has 2 aromatic rings. The second kappa shape index (κ2) is 4.78. The summed E-state index contributed by atoms with van der Waals surface area (Å²) in [6, 6.07) is 9.79. The van der Waals surface area contributed by atoms with Crippen molar-refractivity contribution in [1.82, 2.24) is 4.98 Å². The second-order valence-electron chi connectivity index (χ2n) is 4.49. The predicted octanol–water partition coefficient (Wildman–Crippen LogP) is 2.96. The van der Waals surface area contributed by atoms with Crippen molar-refractivity contribution in [2.45, 2.75) is 18.9 Å². The van der Waals surface area contributed by atoms with Crippen molar-refractivity contribution < 1.29 is 9.84 Å². The third-order valence-electron chi connectivity index (χ3n) is 3.27. The molecule has 18 heavy (non-hydrogen) atoms. The molecule has 0 bridgehead atoms. The molecule has 92 valence electrons. The Labute approximate surface area is 106 Å². The van der Waals surface area contributed by atoms with Crippen LogP contribution in [0.2, 0.25) is 0 Å². The molecule has 0 spiro atoms. The Morgan fingerprint density at radius 1 is 1.22 bits per heavy atom. The van der Waals surface area contributed by atoms with Gasteiger partial charge in [0.05, 0.1) is 18.4 Å². The summed E-state index contributed by atoms with van der Waals surface area (Å²) in [5.41, 5.74) is 2.64. The fraction of sp³-hybridized carbons (Fsp3) is 0.267. The van der Waals surface area contributed by atoms with Crippen molar-refractivity contribution in [2.75, 3.05) is 6.61 Å². The van der Waals surface area contributed by atoms with Gasteiger partial charge in [0.2, 0.25) is 0 Å². The van der Waals surface area contributed by atoms with E-state index >= 15 is 0 Å². The number of ether oxygens (including phenoxy) is 1. The average molecular weight is 241 g/mol. The van der Waals surface area contributed by atoms with Gasteiger partial charge < -0.3 is 9.84 Å². The monoisotopic (exact) mass is 241 g/mol. The van der Waals surface area contributed by atoms with Crippen molar-refractivity contribution in [1.29, 1.82) is 0 Å². The van der Waals surface area contributed by atoms with Gasteiger partial charge in [-0.2, -0.15) is 0 Å². The van der Waals surface area contributed by atoms with Crippen molar-refractivity contribution >= 4 is 10.9 Å². The fourth-order valence-electron chi connectivity index (χ4n) is 2.33. The molecule has 1 N–H and O–H groups in total. The number of rotatable bonds is 2. The Morgan fingerprint density at radius 2 is 2.11 bits per heavy atom. The zero-order valence-corrected chi connectivity index (χ0v) is 10.0. The highest BCUT2D eigenvalue weighted by atomic mass is 16.5. The SMILES string of the molecule is OC(C1=COCCC1)c1cccc2cccnc12. The summed E-state index contributed by atoms with van der Waals surface area (Å²) in [7, 11) is 0. The van der Waals surface area contributed by atoms with Gasteiger partial charge in [-0.3, -0.25) is 4.98 Å². The lowest BCUT2D eigenvalue weighted by Crippen LogP contribution is -2.08. The first-order chi connectivity index (χ1) is 8.86. The lowest BCUT2D eigenvalue weighted by atomic mass is 9.96. The highest BCUT2D eigenvalue weighted by Crippen LogP contribution is 2.31. The summed E-state index contributed by atoms with van der Waals surface area (Å²) >= 11 is 0. The number of nitrogens with zero attached hydrogens (tertiary/aromatic N) is 1. The summed E-state index contributed by atoms with van der Waals surface area (Å²) in [4.78, 5) is 4.37. The lowest BCUT2D eigenvalue weighted by molar-refractivity contribution is 0.171. The molecular weight excluding hydrogens is 226 g/mol. The van der Waals surface area contributed by atoms with Gasteiger partial charge >= 0.3 is 0 Å². The Kier molecular flexibility index (Phi) is 2.99.